The average Bonchev–Trinajstić information content (AvgIpc) is 3.24. The first-order valence-corrected chi connectivity index (χ1v) is 11.7. The first kappa shape index (κ1) is 23.5. The molecule has 0 saturated carbocycles. The Kier molecular flexibility index (Phi) is 7.31. The van der Waals surface area contributed by atoms with Crippen LogP contribution in [0.15, 0.2) is 46.4 Å². The van der Waals surface area contributed by atoms with E-state index in [0.717, 1.165) is 23.1 Å². The molecule has 1 aliphatic heterocycles. The van der Waals surface area contributed by atoms with Crippen LogP contribution in [0.25, 0.3) is 0 Å². The van der Waals surface area contributed by atoms with Crippen molar-refractivity contribution in [1.82, 2.24) is 4.31 Å². The third-order valence-corrected chi connectivity index (χ3v) is 7.17. The summed E-state index contributed by atoms with van der Waals surface area (Å²) in [5.41, 5.74) is 4.47. The van der Waals surface area contributed by atoms with Crippen molar-refractivity contribution in [2.75, 3.05) is 25.3 Å². The molecule has 172 valence electrons. The largest absolute Gasteiger partial charge is 0.454 e. The lowest BCUT2D eigenvalue weighted by Crippen LogP contribution is -2.31. The molecule has 32 heavy (non-hydrogen) atoms. The molecular formula is C21H26N4O6S. The summed E-state index contributed by atoms with van der Waals surface area (Å²) in [5, 5.41) is 15.5. The standard InChI is InChI=1S/C21H26N4O6S/c1-4-24(5-2)32(28,29)21-13-17(25(26)27)9-10-18(21)23-22-15(3)6-7-16-8-11-19-20(12-16)31-14-30-19/h8-13,23H,4-7,14H2,1-3H3/b22-15+. The summed E-state index contributed by atoms with van der Waals surface area (Å²) < 4.78 is 38.0. The Balaban J connectivity index is 1.78. The highest BCUT2D eigenvalue weighted by Crippen LogP contribution is 2.33. The number of nitrogens with one attached hydrogen (secondary N) is 1. The van der Waals surface area contributed by atoms with Crippen molar-refractivity contribution in [3.05, 3.63) is 52.1 Å². The zero-order valence-electron chi connectivity index (χ0n) is 18.2. The smallest absolute Gasteiger partial charge is 0.270 e. The lowest BCUT2D eigenvalue weighted by atomic mass is 10.1. The van der Waals surface area contributed by atoms with E-state index >= 15 is 0 Å². The lowest BCUT2D eigenvalue weighted by molar-refractivity contribution is -0.385. The second kappa shape index (κ2) is 9.96. The number of aryl methyl sites for hydroxylation is 1. The normalized spacial score (nSPS) is 13.4. The Labute approximate surface area is 187 Å². The van der Waals surface area contributed by atoms with Crippen molar-refractivity contribution in [1.29, 1.82) is 0 Å². The summed E-state index contributed by atoms with van der Waals surface area (Å²) in [5.74, 6) is 1.44. The minimum absolute atomic E-state index is 0.178. The highest BCUT2D eigenvalue weighted by molar-refractivity contribution is 7.89. The summed E-state index contributed by atoms with van der Waals surface area (Å²) in [4.78, 5) is 10.4. The van der Waals surface area contributed by atoms with Gasteiger partial charge in [0.2, 0.25) is 16.8 Å². The molecule has 0 unspecified atom stereocenters. The maximum absolute atomic E-state index is 13.0. The number of rotatable bonds is 10. The molecule has 2 aromatic rings. The van der Waals surface area contributed by atoms with Crippen molar-refractivity contribution in [2.24, 2.45) is 5.10 Å². The van der Waals surface area contributed by atoms with Gasteiger partial charge in [0.25, 0.3) is 5.69 Å². The van der Waals surface area contributed by atoms with Gasteiger partial charge >= 0.3 is 0 Å². The van der Waals surface area contributed by atoms with Gasteiger partial charge in [0, 0.05) is 30.9 Å². The number of hydrogen-bond acceptors (Lipinski definition) is 8. The number of hydrazone groups is 1. The van der Waals surface area contributed by atoms with Crippen LogP contribution in [0.3, 0.4) is 0 Å². The number of benzene rings is 2. The van der Waals surface area contributed by atoms with Gasteiger partial charge in [-0.1, -0.05) is 19.9 Å². The van der Waals surface area contributed by atoms with Gasteiger partial charge in [0.15, 0.2) is 11.5 Å². The lowest BCUT2D eigenvalue weighted by Gasteiger charge is -2.20. The van der Waals surface area contributed by atoms with Crippen LogP contribution in [0.5, 0.6) is 11.5 Å². The summed E-state index contributed by atoms with van der Waals surface area (Å²) in [6, 6.07) is 9.43. The van der Waals surface area contributed by atoms with Gasteiger partial charge in [-0.2, -0.15) is 9.41 Å². The van der Waals surface area contributed by atoms with E-state index in [4.69, 9.17) is 9.47 Å². The number of fused-ring (bicyclic) bond motifs is 1. The van der Waals surface area contributed by atoms with Crippen molar-refractivity contribution < 1.29 is 22.8 Å². The van der Waals surface area contributed by atoms with Crippen molar-refractivity contribution >= 4 is 27.1 Å². The molecule has 0 fully saturated rings. The molecule has 0 radical (unpaired) electrons. The van der Waals surface area contributed by atoms with Gasteiger partial charge < -0.3 is 9.47 Å². The van der Waals surface area contributed by atoms with Crippen LogP contribution in [0.1, 0.15) is 32.8 Å². The van der Waals surface area contributed by atoms with Crippen molar-refractivity contribution in [3.63, 3.8) is 0 Å². The molecule has 0 saturated heterocycles. The monoisotopic (exact) mass is 462 g/mol. The fourth-order valence-electron chi connectivity index (χ4n) is 3.27. The average molecular weight is 463 g/mol. The van der Waals surface area contributed by atoms with Crippen LogP contribution < -0.4 is 14.9 Å². The molecule has 2 aromatic carbocycles. The Bertz CT molecular complexity index is 1130. The first-order valence-electron chi connectivity index (χ1n) is 10.2. The van der Waals surface area contributed by atoms with Crippen LogP contribution in [-0.2, 0) is 16.4 Å². The summed E-state index contributed by atoms with van der Waals surface area (Å²) >= 11 is 0. The third kappa shape index (κ3) is 5.17. The number of hydrogen-bond donors (Lipinski definition) is 1. The zero-order chi connectivity index (χ0) is 23.3. The van der Waals surface area contributed by atoms with Crippen molar-refractivity contribution in [3.8, 4) is 11.5 Å². The summed E-state index contributed by atoms with van der Waals surface area (Å²) in [6.45, 7) is 5.96. The van der Waals surface area contributed by atoms with E-state index in [1.807, 2.05) is 25.1 Å². The van der Waals surface area contributed by atoms with Crippen LogP contribution in [0, 0.1) is 10.1 Å². The summed E-state index contributed by atoms with van der Waals surface area (Å²) in [6.07, 6.45) is 1.33. The maximum atomic E-state index is 13.0. The molecule has 1 heterocycles. The molecule has 3 rings (SSSR count). The van der Waals surface area contributed by atoms with Crippen LogP contribution in [0.4, 0.5) is 11.4 Å². The second-order valence-electron chi connectivity index (χ2n) is 7.17. The predicted molar refractivity (Wildman–Crippen MR) is 121 cm³/mol. The molecule has 11 heteroatoms. The third-order valence-electron chi connectivity index (χ3n) is 5.08. The highest BCUT2D eigenvalue weighted by atomic mass is 32.2. The van der Waals surface area contributed by atoms with E-state index in [-0.39, 0.29) is 36.2 Å². The molecule has 0 amide bonds. The number of nitro benzene ring substituents is 1. The van der Waals surface area contributed by atoms with Gasteiger partial charge in [-0.15, -0.1) is 0 Å². The van der Waals surface area contributed by atoms with Crippen LogP contribution in [-0.4, -0.2) is 43.2 Å². The minimum atomic E-state index is -3.93. The highest BCUT2D eigenvalue weighted by Gasteiger charge is 2.27. The van der Waals surface area contributed by atoms with E-state index in [9.17, 15) is 18.5 Å². The van der Waals surface area contributed by atoms with Crippen LogP contribution >= 0.6 is 0 Å². The molecule has 0 spiro atoms. The zero-order valence-corrected chi connectivity index (χ0v) is 19.0. The van der Waals surface area contributed by atoms with E-state index in [1.165, 1.54) is 16.4 Å². The van der Waals surface area contributed by atoms with Gasteiger partial charge in [0.05, 0.1) is 10.6 Å². The summed E-state index contributed by atoms with van der Waals surface area (Å²) in [7, 11) is -3.93. The number of ether oxygens (including phenoxy) is 2. The number of nitrogens with zero attached hydrogens (tertiary/aromatic N) is 3. The van der Waals surface area contributed by atoms with E-state index in [0.29, 0.717) is 18.6 Å². The number of sulfonamides is 1. The molecule has 0 aromatic heterocycles. The molecular weight excluding hydrogens is 436 g/mol. The number of non-ortho nitro benzene ring substituents is 1. The Hall–Kier alpha value is -3.18. The number of anilines is 1. The molecule has 1 N–H and O–H groups in total. The van der Waals surface area contributed by atoms with Crippen molar-refractivity contribution in [2.45, 2.75) is 38.5 Å². The minimum Gasteiger partial charge on any atom is -0.454 e. The Morgan fingerprint density at radius 1 is 1.16 bits per heavy atom. The molecule has 0 atom stereocenters. The molecule has 0 bridgehead atoms. The van der Waals surface area contributed by atoms with Gasteiger partial charge in [-0.3, -0.25) is 15.5 Å². The fraction of sp³-hybridized carbons (Fsp3) is 0.381. The Morgan fingerprint density at radius 3 is 2.56 bits per heavy atom. The Morgan fingerprint density at radius 2 is 1.88 bits per heavy atom. The second-order valence-corrected chi connectivity index (χ2v) is 9.08. The topological polar surface area (TPSA) is 123 Å². The molecule has 0 aliphatic carbocycles. The predicted octanol–water partition coefficient (Wildman–Crippen LogP) is 3.77. The van der Waals surface area contributed by atoms with Crippen LogP contribution in [0.2, 0.25) is 0 Å². The maximum Gasteiger partial charge on any atom is 0.270 e. The van der Waals surface area contributed by atoms with E-state index < -0.39 is 14.9 Å². The number of nitro groups is 1. The quantitative estimate of drug-likeness (QED) is 0.324. The fourth-order valence-corrected chi connectivity index (χ4v) is 4.89. The van der Waals surface area contributed by atoms with Gasteiger partial charge in [-0.25, -0.2) is 8.42 Å². The van der Waals surface area contributed by atoms with E-state index in [1.54, 1.807) is 13.8 Å². The molecule has 10 nitrogen and oxygen atoms in total. The van der Waals surface area contributed by atoms with E-state index in [2.05, 4.69) is 10.5 Å². The first-order chi connectivity index (χ1) is 15.3. The SMILES string of the molecule is CCN(CC)S(=O)(=O)c1cc([N+](=O)[O-])ccc1N/N=C(\C)CCc1ccc2c(c1)OCO2. The van der Waals surface area contributed by atoms with Gasteiger partial charge in [0.1, 0.15) is 4.90 Å². The van der Waals surface area contributed by atoms with Gasteiger partial charge in [-0.05, 0) is 43.5 Å². The molecule has 1 aliphatic rings.